The normalized spacial score (nSPS) is 10.2. The molecular weight excluding hydrogens is 320 g/mol. The Kier molecular flexibility index (Phi) is 4.29. The van der Waals surface area contributed by atoms with Crippen LogP contribution in [-0.2, 0) is 4.74 Å². The highest BCUT2D eigenvalue weighted by molar-refractivity contribution is 9.10. The number of carbonyl (C=O) groups is 1. The highest BCUT2D eigenvalue weighted by atomic mass is 79.9. The lowest BCUT2D eigenvalue weighted by atomic mass is 10.1. The molecule has 0 amide bonds. The van der Waals surface area contributed by atoms with Crippen molar-refractivity contribution >= 4 is 39.0 Å². The molecular formula is C15H15BrN2O2. The summed E-state index contributed by atoms with van der Waals surface area (Å²) in [4.78, 5) is 11.5. The largest absolute Gasteiger partial charge is 0.465 e. The second-order valence-corrected chi connectivity index (χ2v) is 5.24. The summed E-state index contributed by atoms with van der Waals surface area (Å²) in [5.41, 5.74) is 9.64. The fourth-order valence-corrected chi connectivity index (χ4v) is 2.11. The minimum absolute atomic E-state index is 0.391. The van der Waals surface area contributed by atoms with Gasteiger partial charge in [-0.3, -0.25) is 0 Å². The van der Waals surface area contributed by atoms with Crippen molar-refractivity contribution in [2.24, 2.45) is 0 Å². The first-order chi connectivity index (χ1) is 9.51. The first-order valence-electron chi connectivity index (χ1n) is 6.02. The number of hydrogen-bond acceptors (Lipinski definition) is 4. The number of ether oxygens (including phenoxy) is 1. The summed E-state index contributed by atoms with van der Waals surface area (Å²) in [6.07, 6.45) is 0. The molecule has 5 heteroatoms. The molecule has 0 fully saturated rings. The maximum atomic E-state index is 11.5. The summed E-state index contributed by atoms with van der Waals surface area (Å²) < 4.78 is 5.71. The average Bonchev–Trinajstić information content (AvgIpc) is 2.44. The van der Waals surface area contributed by atoms with E-state index in [1.807, 2.05) is 25.1 Å². The number of carbonyl (C=O) groups excluding carboxylic acids is 1. The van der Waals surface area contributed by atoms with Crippen LogP contribution in [0.4, 0.5) is 17.1 Å². The van der Waals surface area contributed by atoms with Crippen LogP contribution in [0.2, 0.25) is 0 Å². The van der Waals surface area contributed by atoms with Gasteiger partial charge in [0.05, 0.1) is 24.0 Å². The number of aryl methyl sites for hydroxylation is 1. The van der Waals surface area contributed by atoms with E-state index >= 15 is 0 Å². The molecule has 0 atom stereocenters. The van der Waals surface area contributed by atoms with Crippen molar-refractivity contribution in [3.05, 3.63) is 52.0 Å². The van der Waals surface area contributed by atoms with Crippen LogP contribution in [0.15, 0.2) is 40.9 Å². The third kappa shape index (κ3) is 3.11. The van der Waals surface area contributed by atoms with E-state index in [9.17, 15) is 4.79 Å². The third-order valence-electron chi connectivity index (χ3n) is 2.93. The number of esters is 1. The molecule has 2 aromatic carbocycles. The third-order valence-corrected chi connectivity index (χ3v) is 3.78. The Morgan fingerprint density at radius 2 is 2.00 bits per heavy atom. The van der Waals surface area contributed by atoms with Crippen LogP contribution in [0.5, 0.6) is 0 Å². The molecule has 4 nitrogen and oxygen atoms in total. The van der Waals surface area contributed by atoms with Gasteiger partial charge in [-0.15, -0.1) is 0 Å². The van der Waals surface area contributed by atoms with E-state index in [2.05, 4.69) is 21.2 Å². The molecule has 0 aliphatic carbocycles. The Morgan fingerprint density at radius 3 is 2.65 bits per heavy atom. The number of benzene rings is 2. The number of rotatable bonds is 3. The fraction of sp³-hybridized carbons (Fsp3) is 0.133. The molecule has 0 aliphatic heterocycles. The molecule has 2 rings (SSSR count). The molecule has 0 saturated carbocycles. The monoisotopic (exact) mass is 334 g/mol. The number of halogens is 1. The van der Waals surface area contributed by atoms with E-state index in [1.54, 1.807) is 18.2 Å². The number of hydrogen-bond donors (Lipinski definition) is 2. The molecule has 0 saturated heterocycles. The zero-order valence-electron chi connectivity index (χ0n) is 11.2. The van der Waals surface area contributed by atoms with Gasteiger partial charge in [-0.2, -0.15) is 0 Å². The quantitative estimate of drug-likeness (QED) is 0.660. The van der Waals surface area contributed by atoms with Crippen LogP contribution in [-0.4, -0.2) is 13.1 Å². The van der Waals surface area contributed by atoms with E-state index in [0.29, 0.717) is 16.9 Å². The highest BCUT2D eigenvalue weighted by Crippen LogP contribution is 2.27. The molecule has 0 bridgehead atoms. The van der Waals surface area contributed by atoms with Gasteiger partial charge in [0.25, 0.3) is 0 Å². The Labute approximate surface area is 126 Å². The van der Waals surface area contributed by atoms with Gasteiger partial charge in [-0.25, -0.2) is 4.79 Å². The second kappa shape index (κ2) is 5.96. The molecule has 0 aliphatic rings. The van der Waals surface area contributed by atoms with Crippen molar-refractivity contribution in [1.82, 2.24) is 0 Å². The molecule has 20 heavy (non-hydrogen) atoms. The van der Waals surface area contributed by atoms with Gasteiger partial charge in [0.15, 0.2) is 0 Å². The van der Waals surface area contributed by atoms with Gasteiger partial charge in [-0.05, 0) is 42.8 Å². The van der Waals surface area contributed by atoms with Crippen LogP contribution in [0.25, 0.3) is 0 Å². The molecule has 0 unspecified atom stereocenters. The summed E-state index contributed by atoms with van der Waals surface area (Å²) in [6.45, 7) is 2.01. The van der Waals surface area contributed by atoms with Gasteiger partial charge in [0.2, 0.25) is 0 Å². The zero-order chi connectivity index (χ0) is 14.7. The molecule has 2 aromatic rings. The molecule has 3 N–H and O–H groups in total. The Morgan fingerprint density at radius 1 is 1.25 bits per heavy atom. The predicted octanol–water partition coefficient (Wildman–Crippen LogP) is 3.87. The van der Waals surface area contributed by atoms with Gasteiger partial charge in [-0.1, -0.05) is 22.0 Å². The lowest BCUT2D eigenvalue weighted by Gasteiger charge is -2.11. The Hall–Kier alpha value is -2.01. The van der Waals surface area contributed by atoms with E-state index in [0.717, 1.165) is 15.7 Å². The molecule has 0 aromatic heterocycles. The van der Waals surface area contributed by atoms with Crippen LogP contribution in [0.1, 0.15) is 15.9 Å². The number of anilines is 3. The minimum atomic E-state index is -0.391. The molecule has 0 radical (unpaired) electrons. The smallest absolute Gasteiger partial charge is 0.337 e. The van der Waals surface area contributed by atoms with Crippen molar-refractivity contribution < 1.29 is 9.53 Å². The second-order valence-electron chi connectivity index (χ2n) is 4.38. The van der Waals surface area contributed by atoms with Crippen molar-refractivity contribution in [1.29, 1.82) is 0 Å². The Balaban J connectivity index is 2.32. The van der Waals surface area contributed by atoms with Crippen molar-refractivity contribution in [3.8, 4) is 0 Å². The van der Waals surface area contributed by atoms with Gasteiger partial charge in [0.1, 0.15) is 0 Å². The number of methoxy groups -OCH3 is 1. The summed E-state index contributed by atoms with van der Waals surface area (Å²) in [5.74, 6) is -0.391. The molecule has 104 valence electrons. The van der Waals surface area contributed by atoms with Crippen molar-refractivity contribution in [2.45, 2.75) is 6.92 Å². The lowest BCUT2D eigenvalue weighted by molar-refractivity contribution is 0.0601. The van der Waals surface area contributed by atoms with Crippen LogP contribution < -0.4 is 11.1 Å². The van der Waals surface area contributed by atoms with E-state index in [4.69, 9.17) is 10.5 Å². The maximum absolute atomic E-state index is 11.5. The summed E-state index contributed by atoms with van der Waals surface area (Å²) in [5, 5.41) is 3.20. The van der Waals surface area contributed by atoms with E-state index in [1.165, 1.54) is 7.11 Å². The van der Waals surface area contributed by atoms with E-state index in [-0.39, 0.29) is 0 Å². The van der Waals surface area contributed by atoms with Gasteiger partial charge >= 0.3 is 5.97 Å². The summed E-state index contributed by atoms with van der Waals surface area (Å²) in [6, 6.07) is 10.9. The van der Waals surface area contributed by atoms with Crippen LogP contribution >= 0.6 is 15.9 Å². The number of nitrogens with two attached hydrogens (primary N) is 1. The zero-order valence-corrected chi connectivity index (χ0v) is 12.8. The predicted molar refractivity (Wildman–Crippen MR) is 84.4 cm³/mol. The van der Waals surface area contributed by atoms with Crippen LogP contribution in [0.3, 0.4) is 0 Å². The van der Waals surface area contributed by atoms with Crippen molar-refractivity contribution in [2.75, 3.05) is 18.2 Å². The number of nitrogen functional groups attached to an aromatic ring is 1. The molecule has 0 heterocycles. The minimum Gasteiger partial charge on any atom is -0.465 e. The van der Waals surface area contributed by atoms with Gasteiger partial charge in [0, 0.05) is 10.2 Å². The van der Waals surface area contributed by atoms with Gasteiger partial charge < -0.3 is 15.8 Å². The summed E-state index contributed by atoms with van der Waals surface area (Å²) >= 11 is 3.48. The highest BCUT2D eigenvalue weighted by Gasteiger charge is 2.09. The standard InChI is InChI=1S/C15H15BrN2O2/c1-9-3-5-11(8-12(9)16)18-14-7-10(15(19)20-2)4-6-13(14)17/h3-8,18H,17H2,1-2H3. The average molecular weight is 335 g/mol. The topological polar surface area (TPSA) is 64.3 Å². The Bertz CT molecular complexity index is 656. The lowest BCUT2D eigenvalue weighted by Crippen LogP contribution is -2.04. The fourth-order valence-electron chi connectivity index (χ4n) is 1.74. The molecule has 0 spiro atoms. The number of nitrogens with one attached hydrogen (secondary N) is 1. The van der Waals surface area contributed by atoms with Crippen LogP contribution in [0, 0.1) is 6.92 Å². The first kappa shape index (κ1) is 14.4. The van der Waals surface area contributed by atoms with Crippen molar-refractivity contribution in [3.63, 3.8) is 0 Å². The summed E-state index contributed by atoms with van der Waals surface area (Å²) in [7, 11) is 1.35. The maximum Gasteiger partial charge on any atom is 0.337 e. The first-order valence-corrected chi connectivity index (χ1v) is 6.81. The van der Waals surface area contributed by atoms with E-state index < -0.39 is 5.97 Å². The SMILES string of the molecule is COC(=O)c1ccc(N)c(Nc2ccc(C)c(Br)c2)c1.